The molecule has 9 nitrogen and oxygen atoms in total. The number of carbonyl (C=O) groups excluding carboxylic acids is 1. The molecule has 1 heterocycles. The Kier molecular flexibility index (Phi) is 12.3. The molecule has 0 saturated heterocycles. The van der Waals surface area contributed by atoms with E-state index >= 15 is 0 Å². The van der Waals surface area contributed by atoms with Gasteiger partial charge < -0.3 is 9.47 Å². The zero-order valence-corrected chi connectivity index (χ0v) is 23.2. The number of hydrogen-bond donors (Lipinski definition) is 2. The molecule has 1 aromatic heterocycles. The summed E-state index contributed by atoms with van der Waals surface area (Å²) in [6, 6.07) is 8.48. The molecule has 2 N–H and O–H groups in total. The number of pyridine rings is 1. The summed E-state index contributed by atoms with van der Waals surface area (Å²) in [5.74, 6) is -0.0484. The SMILES string of the molecule is CCOc1ccc(S(=O)(=O)N(Cc2ccncc2)C(C(=O)NO)C2CCC(OCC(C)C)CC2)cc1.Cl. The Morgan fingerprint density at radius 2 is 1.73 bits per heavy atom. The molecular formula is C26H38ClN3O6S. The molecular weight excluding hydrogens is 518 g/mol. The molecule has 0 bridgehead atoms. The fourth-order valence-corrected chi connectivity index (χ4v) is 6.19. The number of nitrogens with zero attached hydrogens (tertiary/aromatic N) is 2. The molecule has 206 valence electrons. The minimum absolute atomic E-state index is 0. The van der Waals surface area contributed by atoms with Crippen molar-refractivity contribution in [2.45, 2.75) is 70.0 Å². The van der Waals surface area contributed by atoms with Gasteiger partial charge in [0.25, 0.3) is 5.91 Å². The Balaban J connectivity index is 0.00000481. The van der Waals surface area contributed by atoms with Crippen molar-refractivity contribution >= 4 is 28.3 Å². The predicted molar refractivity (Wildman–Crippen MR) is 142 cm³/mol. The second kappa shape index (κ2) is 14.6. The van der Waals surface area contributed by atoms with Crippen LogP contribution in [0.1, 0.15) is 52.0 Å². The van der Waals surface area contributed by atoms with E-state index in [1.165, 1.54) is 16.4 Å². The first-order valence-electron chi connectivity index (χ1n) is 12.4. The molecule has 3 rings (SSSR count). The minimum Gasteiger partial charge on any atom is -0.494 e. The number of hydroxylamine groups is 1. The van der Waals surface area contributed by atoms with Gasteiger partial charge in [-0.1, -0.05) is 13.8 Å². The van der Waals surface area contributed by atoms with Crippen molar-refractivity contribution in [2.24, 2.45) is 11.8 Å². The van der Waals surface area contributed by atoms with Crippen LogP contribution in [-0.4, -0.2) is 54.2 Å². The Morgan fingerprint density at radius 1 is 1.11 bits per heavy atom. The molecule has 1 amide bonds. The van der Waals surface area contributed by atoms with E-state index in [1.807, 2.05) is 6.92 Å². The molecule has 0 radical (unpaired) electrons. The van der Waals surface area contributed by atoms with Crippen molar-refractivity contribution in [1.82, 2.24) is 14.8 Å². The van der Waals surface area contributed by atoms with Gasteiger partial charge in [0.2, 0.25) is 10.0 Å². The van der Waals surface area contributed by atoms with Gasteiger partial charge in [-0.05, 0) is 86.4 Å². The third-order valence-corrected chi connectivity index (χ3v) is 8.19. The molecule has 2 aromatic rings. The highest BCUT2D eigenvalue weighted by Gasteiger charge is 2.42. The summed E-state index contributed by atoms with van der Waals surface area (Å²) in [6.07, 6.45) is 5.89. The first-order chi connectivity index (χ1) is 17.3. The fourth-order valence-electron chi connectivity index (χ4n) is 4.56. The van der Waals surface area contributed by atoms with Crippen LogP contribution in [0.4, 0.5) is 0 Å². The number of aromatic nitrogens is 1. The van der Waals surface area contributed by atoms with Gasteiger partial charge in [-0.15, -0.1) is 12.4 Å². The average Bonchev–Trinajstić information content (AvgIpc) is 2.88. The second-order valence-electron chi connectivity index (χ2n) is 9.50. The normalized spacial score (nSPS) is 18.8. The van der Waals surface area contributed by atoms with Crippen LogP contribution in [0.5, 0.6) is 5.75 Å². The lowest BCUT2D eigenvalue weighted by Gasteiger charge is -2.38. The number of sulfonamides is 1. The van der Waals surface area contributed by atoms with Crippen LogP contribution >= 0.6 is 12.4 Å². The summed E-state index contributed by atoms with van der Waals surface area (Å²) < 4.78 is 40.5. The number of halogens is 1. The molecule has 11 heteroatoms. The van der Waals surface area contributed by atoms with E-state index in [1.54, 1.807) is 42.1 Å². The van der Waals surface area contributed by atoms with E-state index in [0.717, 1.165) is 12.8 Å². The molecule has 1 saturated carbocycles. The smallest absolute Gasteiger partial charge is 0.262 e. The zero-order valence-electron chi connectivity index (χ0n) is 21.6. The molecule has 1 aromatic carbocycles. The summed E-state index contributed by atoms with van der Waals surface area (Å²) in [7, 11) is -4.12. The third kappa shape index (κ3) is 8.38. The van der Waals surface area contributed by atoms with E-state index < -0.39 is 22.0 Å². The predicted octanol–water partition coefficient (Wildman–Crippen LogP) is 4.20. The number of ether oxygens (including phenoxy) is 2. The average molecular weight is 556 g/mol. The number of hydrogen-bond acceptors (Lipinski definition) is 7. The number of benzene rings is 1. The maximum atomic E-state index is 13.9. The second-order valence-corrected chi connectivity index (χ2v) is 11.4. The van der Waals surface area contributed by atoms with Gasteiger partial charge in [0.15, 0.2) is 0 Å². The fraction of sp³-hybridized carbons (Fsp3) is 0.538. The lowest BCUT2D eigenvalue weighted by atomic mass is 9.82. The van der Waals surface area contributed by atoms with Crippen molar-refractivity contribution in [2.75, 3.05) is 13.2 Å². The highest BCUT2D eigenvalue weighted by atomic mass is 35.5. The monoisotopic (exact) mass is 555 g/mol. The van der Waals surface area contributed by atoms with Crippen molar-refractivity contribution in [3.05, 3.63) is 54.4 Å². The van der Waals surface area contributed by atoms with E-state index in [4.69, 9.17) is 9.47 Å². The molecule has 1 aliphatic carbocycles. The van der Waals surface area contributed by atoms with Crippen molar-refractivity contribution < 1.29 is 27.9 Å². The van der Waals surface area contributed by atoms with E-state index in [-0.39, 0.29) is 35.9 Å². The van der Waals surface area contributed by atoms with Crippen LogP contribution in [0.3, 0.4) is 0 Å². The van der Waals surface area contributed by atoms with Crippen LogP contribution in [-0.2, 0) is 26.1 Å². The van der Waals surface area contributed by atoms with Gasteiger partial charge in [0, 0.05) is 25.5 Å². The Hall–Kier alpha value is -2.24. The van der Waals surface area contributed by atoms with Crippen LogP contribution in [0.2, 0.25) is 0 Å². The Bertz CT molecular complexity index is 1060. The maximum Gasteiger partial charge on any atom is 0.262 e. The summed E-state index contributed by atoms with van der Waals surface area (Å²) in [4.78, 5) is 17.1. The first-order valence-corrected chi connectivity index (χ1v) is 13.9. The van der Waals surface area contributed by atoms with Gasteiger partial charge >= 0.3 is 0 Å². The van der Waals surface area contributed by atoms with E-state index in [9.17, 15) is 18.4 Å². The lowest BCUT2D eigenvalue weighted by molar-refractivity contribution is -0.136. The third-order valence-electron chi connectivity index (χ3n) is 6.35. The molecule has 1 atom stereocenters. The topological polar surface area (TPSA) is 118 Å². The zero-order chi connectivity index (χ0) is 26.1. The number of rotatable bonds is 12. The maximum absolute atomic E-state index is 13.9. The number of nitrogens with one attached hydrogen (secondary N) is 1. The van der Waals surface area contributed by atoms with Crippen LogP contribution in [0.25, 0.3) is 0 Å². The summed E-state index contributed by atoms with van der Waals surface area (Å²) >= 11 is 0. The standard InChI is InChI=1S/C26H37N3O6S.ClH/c1-4-34-22-9-11-24(12-10-22)36(32,33)29(17-20-13-15-27-16-14-20)25(26(30)28-31)21-5-7-23(8-6-21)35-18-19(2)3;/h9-16,19,21,23,25,31H,4-8,17-18H2,1-3H3,(H,28,30);1H. The molecule has 37 heavy (non-hydrogen) atoms. The van der Waals surface area contributed by atoms with Gasteiger partial charge in [0.05, 0.1) is 17.6 Å². The van der Waals surface area contributed by atoms with Crippen LogP contribution < -0.4 is 10.2 Å². The molecule has 1 aliphatic rings. The van der Waals surface area contributed by atoms with Gasteiger partial charge in [-0.25, -0.2) is 13.9 Å². The van der Waals surface area contributed by atoms with Gasteiger partial charge in [-0.2, -0.15) is 4.31 Å². The molecule has 1 fully saturated rings. The summed E-state index contributed by atoms with van der Waals surface area (Å²) in [6.45, 7) is 7.12. The number of amides is 1. The van der Waals surface area contributed by atoms with E-state index in [0.29, 0.717) is 43.3 Å². The van der Waals surface area contributed by atoms with Crippen LogP contribution in [0, 0.1) is 11.8 Å². The first kappa shape index (κ1) is 31.0. The number of carbonyl (C=O) groups is 1. The van der Waals surface area contributed by atoms with Crippen molar-refractivity contribution in [3.63, 3.8) is 0 Å². The Morgan fingerprint density at radius 3 is 2.27 bits per heavy atom. The van der Waals surface area contributed by atoms with E-state index in [2.05, 4.69) is 18.8 Å². The molecule has 0 spiro atoms. The van der Waals surface area contributed by atoms with Gasteiger partial charge in [0.1, 0.15) is 11.8 Å². The minimum atomic E-state index is -4.12. The molecule has 1 unspecified atom stereocenters. The van der Waals surface area contributed by atoms with Gasteiger partial charge in [-0.3, -0.25) is 15.0 Å². The highest BCUT2D eigenvalue weighted by molar-refractivity contribution is 7.89. The highest BCUT2D eigenvalue weighted by Crippen LogP contribution is 2.34. The largest absolute Gasteiger partial charge is 0.494 e. The summed E-state index contributed by atoms with van der Waals surface area (Å²) in [5, 5.41) is 9.61. The lowest BCUT2D eigenvalue weighted by Crippen LogP contribution is -2.53. The van der Waals surface area contributed by atoms with Crippen molar-refractivity contribution in [1.29, 1.82) is 0 Å². The molecule has 0 aliphatic heterocycles. The van der Waals surface area contributed by atoms with Crippen molar-refractivity contribution in [3.8, 4) is 5.75 Å². The summed E-state index contributed by atoms with van der Waals surface area (Å²) in [5.41, 5.74) is 2.41. The van der Waals surface area contributed by atoms with Crippen LogP contribution in [0.15, 0.2) is 53.7 Å². The quantitative estimate of drug-likeness (QED) is 0.297. The Labute approximate surface area is 226 Å².